The minimum atomic E-state index is 0. The van der Waals surface area contributed by atoms with Crippen molar-refractivity contribution in [2.24, 2.45) is 4.99 Å². The van der Waals surface area contributed by atoms with E-state index < -0.39 is 0 Å². The molecule has 1 N–H and O–H groups in total. The van der Waals surface area contributed by atoms with Gasteiger partial charge in [-0.25, -0.2) is 0 Å². The zero-order valence-electron chi connectivity index (χ0n) is 18.1. The molecule has 6 nitrogen and oxygen atoms in total. The number of fused-ring (bicyclic) bond motifs is 1. The van der Waals surface area contributed by atoms with Gasteiger partial charge in [0.15, 0.2) is 5.96 Å². The van der Waals surface area contributed by atoms with Gasteiger partial charge in [0.25, 0.3) is 0 Å². The van der Waals surface area contributed by atoms with Crippen molar-refractivity contribution in [1.82, 2.24) is 15.1 Å². The third-order valence-corrected chi connectivity index (χ3v) is 6.66. The highest BCUT2D eigenvalue weighted by Gasteiger charge is 2.32. The van der Waals surface area contributed by atoms with Crippen molar-refractivity contribution in [2.45, 2.75) is 38.8 Å². The van der Waals surface area contributed by atoms with Crippen molar-refractivity contribution in [1.29, 1.82) is 0 Å². The van der Waals surface area contributed by atoms with Crippen LogP contribution in [0.3, 0.4) is 0 Å². The number of morpholine rings is 1. The lowest BCUT2D eigenvalue weighted by Crippen LogP contribution is -2.55. The molecule has 1 aromatic carbocycles. The van der Waals surface area contributed by atoms with Gasteiger partial charge in [-0.05, 0) is 50.4 Å². The van der Waals surface area contributed by atoms with Crippen LogP contribution in [0.5, 0.6) is 0 Å². The van der Waals surface area contributed by atoms with Crippen LogP contribution in [0.2, 0.25) is 0 Å². The Bertz CT molecular complexity index is 704. The summed E-state index contributed by atoms with van der Waals surface area (Å²) in [4.78, 5) is 12.0. The minimum Gasteiger partial charge on any atom is -0.373 e. The number of ether oxygens (including phenoxy) is 1. The van der Waals surface area contributed by atoms with Gasteiger partial charge in [-0.2, -0.15) is 0 Å². The summed E-state index contributed by atoms with van der Waals surface area (Å²) in [5.41, 5.74) is 4.14. The molecular formula is C22H36IN5O. The van der Waals surface area contributed by atoms with E-state index in [-0.39, 0.29) is 30.1 Å². The summed E-state index contributed by atoms with van der Waals surface area (Å²) in [5.74, 6) is 1.01. The molecule has 1 aromatic rings. The van der Waals surface area contributed by atoms with Crippen molar-refractivity contribution in [3.63, 3.8) is 0 Å². The number of nitrogens with zero attached hydrogens (tertiary/aromatic N) is 4. The number of piperazine rings is 1. The maximum Gasteiger partial charge on any atom is 0.193 e. The largest absolute Gasteiger partial charge is 0.373 e. The van der Waals surface area contributed by atoms with Crippen LogP contribution in [0.4, 0.5) is 5.69 Å². The summed E-state index contributed by atoms with van der Waals surface area (Å²) >= 11 is 0. The van der Waals surface area contributed by atoms with E-state index in [4.69, 9.17) is 4.74 Å². The molecule has 4 rings (SSSR count). The van der Waals surface area contributed by atoms with Crippen molar-refractivity contribution in [2.75, 3.05) is 64.4 Å². The van der Waals surface area contributed by atoms with Gasteiger partial charge in [-0.15, -0.1) is 24.0 Å². The SMILES string of the molecule is CN=C(NCC1CN2CCCC2CO1)N1CCN(c2cccc(C)c2C)CC1.I. The number of guanidine groups is 1. The van der Waals surface area contributed by atoms with Gasteiger partial charge in [0.05, 0.1) is 12.7 Å². The Kier molecular flexibility index (Phi) is 8.04. The molecule has 3 aliphatic rings. The number of rotatable bonds is 3. The van der Waals surface area contributed by atoms with Gasteiger partial charge in [-0.1, -0.05) is 12.1 Å². The first-order valence-electron chi connectivity index (χ1n) is 10.8. The molecule has 3 heterocycles. The van der Waals surface area contributed by atoms with E-state index in [0.29, 0.717) is 6.04 Å². The maximum absolute atomic E-state index is 6.09. The van der Waals surface area contributed by atoms with Crippen LogP contribution in [-0.4, -0.2) is 87.4 Å². The van der Waals surface area contributed by atoms with E-state index in [2.05, 4.69) is 57.1 Å². The molecule has 3 aliphatic heterocycles. The molecule has 0 radical (unpaired) electrons. The summed E-state index contributed by atoms with van der Waals surface area (Å²) in [6.45, 7) is 12.5. The summed E-state index contributed by atoms with van der Waals surface area (Å²) in [5, 5.41) is 3.57. The summed E-state index contributed by atoms with van der Waals surface area (Å²) in [6, 6.07) is 7.27. The second-order valence-electron chi connectivity index (χ2n) is 8.37. The first-order chi connectivity index (χ1) is 13.7. The number of benzene rings is 1. The number of nitrogens with one attached hydrogen (secondary N) is 1. The zero-order valence-corrected chi connectivity index (χ0v) is 20.4. The quantitative estimate of drug-likeness (QED) is 0.383. The Morgan fingerprint density at radius 2 is 1.97 bits per heavy atom. The number of aliphatic imine (C=N–C) groups is 1. The smallest absolute Gasteiger partial charge is 0.193 e. The van der Waals surface area contributed by atoms with E-state index in [1.165, 1.54) is 36.2 Å². The fourth-order valence-electron chi connectivity index (χ4n) is 4.78. The van der Waals surface area contributed by atoms with Gasteiger partial charge in [0.1, 0.15) is 0 Å². The van der Waals surface area contributed by atoms with Crippen LogP contribution in [0.25, 0.3) is 0 Å². The molecule has 0 amide bonds. The van der Waals surface area contributed by atoms with Crippen molar-refractivity contribution < 1.29 is 4.74 Å². The van der Waals surface area contributed by atoms with Gasteiger partial charge in [0.2, 0.25) is 0 Å². The highest BCUT2D eigenvalue weighted by Crippen LogP contribution is 2.24. The van der Waals surface area contributed by atoms with E-state index >= 15 is 0 Å². The lowest BCUT2D eigenvalue weighted by atomic mass is 10.1. The van der Waals surface area contributed by atoms with Crippen LogP contribution in [0, 0.1) is 13.8 Å². The number of anilines is 1. The standard InChI is InChI=1S/C22H35N5O.HI/c1-17-6-4-8-21(18(17)2)25-10-12-26(13-11-25)22(23-3)24-14-20-15-27-9-5-7-19(27)16-28-20;/h4,6,8,19-20H,5,7,9-16H2,1-3H3,(H,23,24);1H. The molecule has 3 fully saturated rings. The fourth-order valence-corrected chi connectivity index (χ4v) is 4.78. The molecule has 0 bridgehead atoms. The highest BCUT2D eigenvalue weighted by atomic mass is 127. The van der Waals surface area contributed by atoms with Crippen molar-refractivity contribution in [3.05, 3.63) is 29.3 Å². The topological polar surface area (TPSA) is 43.3 Å². The van der Waals surface area contributed by atoms with Crippen molar-refractivity contribution >= 4 is 35.6 Å². The first-order valence-corrected chi connectivity index (χ1v) is 10.8. The number of halogens is 1. The van der Waals surface area contributed by atoms with Crippen molar-refractivity contribution in [3.8, 4) is 0 Å². The number of aryl methyl sites for hydroxylation is 1. The maximum atomic E-state index is 6.09. The summed E-state index contributed by atoms with van der Waals surface area (Å²) in [7, 11) is 1.89. The molecule has 3 saturated heterocycles. The number of hydrogen-bond donors (Lipinski definition) is 1. The monoisotopic (exact) mass is 513 g/mol. The third kappa shape index (κ3) is 5.17. The second-order valence-corrected chi connectivity index (χ2v) is 8.37. The van der Waals surface area contributed by atoms with E-state index in [9.17, 15) is 0 Å². The predicted octanol–water partition coefficient (Wildman–Crippen LogP) is 2.48. The van der Waals surface area contributed by atoms with Crippen LogP contribution >= 0.6 is 24.0 Å². The first kappa shape index (κ1) is 22.6. The average molecular weight is 513 g/mol. The minimum absolute atomic E-state index is 0. The summed E-state index contributed by atoms with van der Waals surface area (Å²) < 4.78 is 6.09. The Hall–Kier alpha value is -1.06. The zero-order chi connectivity index (χ0) is 19.5. The Balaban J connectivity index is 0.00000240. The second kappa shape index (κ2) is 10.3. The predicted molar refractivity (Wildman–Crippen MR) is 131 cm³/mol. The van der Waals surface area contributed by atoms with E-state index in [0.717, 1.165) is 51.8 Å². The molecule has 2 atom stereocenters. The molecule has 2 unspecified atom stereocenters. The Labute approximate surface area is 192 Å². The molecule has 0 aromatic heterocycles. The Morgan fingerprint density at radius 3 is 2.72 bits per heavy atom. The Morgan fingerprint density at radius 1 is 1.17 bits per heavy atom. The molecule has 0 aliphatic carbocycles. The highest BCUT2D eigenvalue weighted by molar-refractivity contribution is 14.0. The van der Waals surface area contributed by atoms with Gasteiger partial charge < -0.3 is 19.9 Å². The van der Waals surface area contributed by atoms with Crippen LogP contribution in [-0.2, 0) is 4.74 Å². The van der Waals surface area contributed by atoms with Gasteiger partial charge >= 0.3 is 0 Å². The third-order valence-electron chi connectivity index (χ3n) is 6.66. The molecule has 7 heteroatoms. The number of hydrogen-bond acceptors (Lipinski definition) is 4. The molecule has 0 spiro atoms. The lowest BCUT2D eigenvalue weighted by molar-refractivity contribution is -0.0454. The lowest BCUT2D eigenvalue weighted by Gasteiger charge is -2.39. The van der Waals surface area contributed by atoms with Crippen LogP contribution in [0.1, 0.15) is 24.0 Å². The van der Waals surface area contributed by atoms with Crippen LogP contribution < -0.4 is 10.2 Å². The summed E-state index contributed by atoms with van der Waals surface area (Å²) in [6.07, 6.45) is 2.88. The average Bonchev–Trinajstić information content (AvgIpc) is 3.19. The molecular weight excluding hydrogens is 477 g/mol. The van der Waals surface area contributed by atoms with Gasteiger partial charge in [-0.3, -0.25) is 9.89 Å². The van der Waals surface area contributed by atoms with Crippen LogP contribution in [0.15, 0.2) is 23.2 Å². The fraction of sp³-hybridized carbons (Fsp3) is 0.682. The van der Waals surface area contributed by atoms with Gasteiger partial charge in [0, 0.05) is 58.0 Å². The molecule has 0 saturated carbocycles. The normalized spacial score (nSPS) is 25.6. The molecule has 29 heavy (non-hydrogen) atoms. The van der Waals surface area contributed by atoms with E-state index in [1.54, 1.807) is 0 Å². The van der Waals surface area contributed by atoms with E-state index in [1.807, 2.05) is 7.05 Å². The molecule has 162 valence electrons.